The highest BCUT2D eigenvalue weighted by Gasteiger charge is 2.16. The highest BCUT2D eigenvalue weighted by molar-refractivity contribution is 6.34. The molecule has 0 fully saturated rings. The lowest BCUT2D eigenvalue weighted by Gasteiger charge is -2.08. The maximum absolute atomic E-state index is 12.2. The molecule has 1 aromatic heterocycles. The second kappa shape index (κ2) is 8.41. The van der Waals surface area contributed by atoms with Crippen molar-refractivity contribution in [2.45, 2.75) is 6.54 Å². The molecule has 0 aliphatic rings. The van der Waals surface area contributed by atoms with E-state index in [1.54, 1.807) is 30.3 Å². The van der Waals surface area contributed by atoms with Gasteiger partial charge in [0.15, 0.2) is 0 Å². The number of aromatic nitrogens is 1. The normalized spacial score (nSPS) is 11.0. The fourth-order valence-electron chi connectivity index (χ4n) is 2.00. The van der Waals surface area contributed by atoms with Crippen molar-refractivity contribution in [1.82, 2.24) is 10.3 Å². The molecule has 0 aliphatic carbocycles. The van der Waals surface area contributed by atoms with Gasteiger partial charge in [-0.3, -0.25) is 14.6 Å². The summed E-state index contributed by atoms with van der Waals surface area (Å²) in [5, 5.41) is 11.4. The highest BCUT2D eigenvalue weighted by atomic mass is 35.5. The third-order valence-electron chi connectivity index (χ3n) is 3.17. The van der Waals surface area contributed by atoms with Crippen molar-refractivity contribution in [1.29, 1.82) is 5.41 Å². The number of carbonyl (C=O) groups is 2. The molecule has 0 aliphatic heterocycles. The Balaban J connectivity index is 2.14. The molecule has 2 rings (SSSR count). The summed E-state index contributed by atoms with van der Waals surface area (Å²) in [5.41, 5.74) is 6.08. The van der Waals surface area contributed by atoms with Gasteiger partial charge in [-0.05, 0) is 42.0 Å². The predicted molar refractivity (Wildman–Crippen MR) is 96.7 cm³/mol. The molecular weight excluding hydrogens is 363 g/mol. The van der Waals surface area contributed by atoms with Gasteiger partial charge in [0.25, 0.3) is 11.8 Å². The molecule has 25 heavy (non-hydrogen) atoms. The number of pyridine rings is 1. The van der Waals surface area contributed by atoms with Crippen LogP contribution in [0.1, 0.15) is 11.1 Å². The third kappa shape index (κ3) is 5.41. The van der Waals surface area contributed by atoms with Crippen LogP contribution >= 0.6 is 23.2 Å². The lowest BCUT2D eigenvalue weighted by molar-refractivity contribution is -0.122. The first-order chi connectivity index (χ1) is 11.9. The summed E-state index contributed by atoms with van der Waals surface area (Å²) in [6, 6.07) is 8.02. The minimum Gasteiger partial charge on any atom is -0.365 e. The molecule has 128 valence electrons. The number of nitrogens with one attached hydrogen (secondary N) is 2. The van der Waals surface area contributed by atoms with Crippen LogP contribution in [0, 0.1) is 5.41 Å². The zero-order valence-electron chi connectivity index (χ0n) is 12.9. The Morgan fingerprint density at radius 1 is 1.16 bits per heavy atom. The monoisotopic (exact) mass is 376 g/mol. The van der Waals surface area contributed by atoms with Gasteiger partial charge < -0.3 is 16.5 Å². The number of hydrogen-bond donors (Lipinski definition) is 3. The Morgan fingerprint density at radius 2 is 1.76 bits per heavy atom. The van der Waals surface area contributed by atoms with E-state index in [-0.39, 0.29) is 17.8 Å². The van der Waals surface area contributed by atoms with Crippen LogP contribution < -0.4 is 11.1 Å². The van der Waals surface area contributed by atoms with Crippen LogP contribution in [0.15, 0.2) is 54.4 Å². The third-order valence-corrected chi connectivity index (χ3v) is 3.60. The number of nitrogens with two attached hydrogens (primary N) is 1. The first kappa shape index (κ1) is 18.6. The minimum absolute atomic E-state index is 0.0304. The smallest absolute Gasteiger partial charge is 0.257 e. The number of carbonyl (C=O) groups excluding carboxylic acids is 2. The Kier molecular flexibility index (Phi) is 6.27. The first-order valence-corrected chi connectivity index (χ1v) is 7.86. The van der Waals surface area contributed by atoms with Crippen LogP contribution in [0.3, 0.4) is 0 Å². The van der Waals surface area contributed by atoms with Crippen LogP contribution in [0.25, 0.3) is 0 Å². The number of primary amides is 1. The summed E-state index contributed by atoms with van der Waals surface area (Å²) < 4.78 is 0. The summed E-state index contributed by atoms with van der Waals surface area (Å²) in [6.45, 7) is 0.103. The van der Waals surface area contributed by atoms with Gasteiger partial charge in [0.1, 0.15) is 5.57 Å². The lowest BCUT2D eigenvalue weighted by Crippen LogP contribution is -2.31. The number of benzene rings is 1. The van der Waals surface area contributed by atoms with E-state index in [0.29, 0.717) is 21.2 Å². The highest BCUT2D eigenvalue weighted by Crippen LogP contribution is 2.19. The molecular formula is C17H14Cl2N4O2. The molecule has 1 heterocycles. The van der Waals surface area contributed by atoms with E-state index < -0.39 is 11.8 Å². The molecule has 0 radical (unpaired) electrons. The predicted octanol–water partition coefficient (Wildman–Crippen LogP) is 2.48. The molecule has 0 bridgehead atoms. The summed E-state index contributed by atoms with van der Waals surface area (Å²) >= 11 is 11.8. The van der Waals surface area contributed by atoms with Crippen molar-refractivity contribution in [3.63, 3.8) is 0 Å². The molecule has 2 aromatic rings. The quantitative estimate of drug-likeness (QED) is 0.311. The molecule has 0 atom stereocenters. The summed E-state index contributed by atoms with van der Waals surface area (Å²) in [5.74, 6) is -1.62. The first-order valence-electron chi connectivity index (χ1n) is 7.10. The molecule has 8 heteroatoms. The van der Waals surface area contributed by atoms with E-state index in [0.717, 1.165) is 6.08 Å². The molecule has 1 aromatic carbocycles. The van der Waals surface area contributed by atoms with Crippen molar-refractivity contribution in [2.24, 2.45) is 5.73 Å². The Morgan fingerprint density at radius 3 is 2.32 bits per heavy atom. The van der Waals surface area contributed by atoms with Crippen LogP contribution in [0.2, 0.25) is 10.0 Å². The largest absolute Gasteiger partial charge is 0.365 e. The van der Waals surface area contributed by atoms with Gasteiger partial charge >= 0.3 is 0 Å². The van der Waals surface area contributed by atoms with E-state index >= 15 is 0 Å². The van der Waals surface area contributed by atoms with E-state index in [1.807, 2.05) is 0 Å². The second-order valence-electron chi connectivity index (χ2n) is 5.03. The van der Waals surface area contributed by atoms with Gasteiger partial charge in [-0.1, -0.05) is 23.2 Å². The number of amides is 2. The average Bonchev–Trinajstić information content (AvgIpc) is 2.57. The van der Waals surface area contributed by atoms with E-state index in [4.69, 9.17) is 34.3 Å². The number of nitrogens with zero attached hydrogens (tertiary/aromatic N) is 1. The SMILES string of the molecule is N=C(/C=C(\C(N)=O)C(=O)NCc1cc(Cl)cc(Cl)c1)c1ccncc1. The van der Waals surface area contributed by atoms with Gasteiger partial charge in [0.2, 0.25) is 0 Å². The molecule has 0 unspecified atom stereocenters. The van der Waals surface area contributed by atoms with Gasteiger partial charge in [-0.2, -0.15) is 0 Å². The van der Waals surface area contributed by atoms with E-state index in [9.17, 15) is 9.59 Å². The maximum Gasteiger partial charge on any atom is 0.257 e. The number of rotatable bonds is 6. The van der Waals surface area contributed by atoms with Crippen molar-refractivity contribution >= 4 is 40.7 Å². The molecule has 0 saturated heterocycles. The lowest BCUT2D eigenvalue weighted by atomic mass is 10.1. The van der Waals surface area contributed by atoms with Gasteiger partial charge in [-0.15, -0.1) is 0 Å². The van der Waals surface area contributed by atoms with Crippen LogP contribution in [0.5, 0.6) is 0 Å². The van der Waals surface area contributed by atoms with Crippen molar-refractivity contribution in [3.8, 4) is 0 Å². The molecule has 4 N–H and O–H groups in total. The van der Waals surface area contributed by atoms with E-state index in [2.05, 4.69) is 10.3 Å². The average molecular weight is 377 g/mol. The molecule has 2 amide bonds. The van der Waals surface area contributed by atoms with E-state index in [1.165, 1.54) is 12.4 Å². The summed E-state index contributed by atoms with van der Waals surface area (Å²) in [6.07, 6.45) is 4.13. The van der Waals surface area contributed by atoms with Crippen molar-refractivity contribution in [3.05, 3.63) is 75.5 Å². The zero-order chi connectivity index (χ0) is 18.4. The fraction of sp³-hybridized carbons (Fsp3) is 0.0588. The van der Waals surface area contributed by atoms with Crippen LogP contribution in [0.4, 0.5) is 0 Å². The molecule has 6 nitrogen and oxygen atoms in total. The van der Waals surface area contributed by atoms with Gasteiger partial charge in [-0.25, -0.2) is 0 Å². The fourth-order valence-corrected chi connectivity index (χ4v) is 2.57. The minimum atomic E-state index is -0.930. The summed E-state index contributed by atoms with van der Waals surface area (Å²) in [7, 11) is 0. The number of hydrogen-bond acceptors (Lipinski definition) is 4. The van der Waals surface area contributed by atoms with Gasteiger partial charge in [0.05, 0.1) is 5.71 Å². The van der Waals surface area contributed by atoms with Gasteiger partial charge in [0, 0.05) is 34.5 Å². The van der Waals surface area contributed by atoms with Crippen LogP contribution in [-0.4, -0.2) is 22.5 Å². The summed E-state index contributed by atoms with van der Waals surface area (Å²) in [4.78, 5) is 27.7. The standard InChI is InChI=1S/C17H14Cl2N4O2/c18-12-5-10(6-13(19)7-12)9-23-17(25)14(16(21)24)8-15(20)11-1-3-22-4-2-11/h1-8,20H,9H2,(H2,21,24)(H,23,25)/b14-8+,20-15?. The maximum atomic E-state index is 12.2. The molecule has 0 spiro atoms. The van der Waals surface area contributed by atoms with Crippen LogP contribution in [-0.2, 0) is 16.1 Å². The van der Waals surface area contributed by atoms with Crippen molar-refractivity contribution in [2.75, 3.05) is 0 Å². The molecule has 0 saturated carbocycles. The topological polar surface area (TPSA) is 109 Å². The zero-order valence-corrected chi connectivity index (χ0v) is 14.4. The number of halogens is 2. The Hall–Kier alpha value is -2.70. The Bertz CT molecular complexity index is 831. The Labute approximate surface area is 154 Å². The second-order valence-corrected chi connectivity index (χ2v) is 5.91. The van der Waals surface area contributed by atoms with Crippen molar-refractivity contribution < 1.29 is 9.59 Å². The number of allylic oxidation sites excluding steroid dienone is 1.